The van der Waals surface area contributed by atoms with Gasteiger partial charge in [0, 0.05) is 18.2 Å². The monoisotopic (exact) mass is 241 g/mol. The van der Waals surface area contributed by atoms with Gasteiger partial charge in [-0.3, -0.25) is 0 Å². The summed E-state index contributed by atoms with van der Waals surface area (Å²) in [7, 11) is 1.42. The van der Waals surface area contributed by atoms with Crippen molar-refractivity contribution in [3.8, 4) is 0 Å². The highest BCUT2D eigenvalue weighted by Gasteiger charge is 2.31. The van der Waals surface area contributed by atoms with Gasteiger partial charge in [-0.15, -0.1) is 0 Å². The summed E-state index contributed by atoms with van der Waals surface area (Å²) in [4.78, 5) is 0. The Morgan fingerprint density at radius 1 is 1.35 bits per heavy atom. The smallest absolute Gasteiger partial charge is 0.132 e. The van der Waals surface area contributed by atoms with Crippen molar-refractivity contribution < 1.29 is 13.5 Å². The van der Waals surface area contributed by atoms with Crippen LogP contribution < -0.4 is 5.32 Å². The fourth-order valence-corrected chi connectivity index (χ4v) is 2.34. The van der Waals surface area contributed by atoms with Gasteiger partial charge in [0.2, 0.25) is 0 Å². The van der Waals surface area contributed by atoms with Crippen molar-refractivity contribution in [3.63, 3.8) is 0 Å². The van der Waals surface area contributed by atoms with Crippen molar-refractivity contribution in [3.05, 3.63) is 34.9 Å². The maximum absolute atomic E-state index is 13.8. The van der Waals surface area contributed by atoms with Gasteiger partial charge in [0.1, 0.15) is 11.6 Å². The number of benzene rings is 1. The van der Waals surface area contributed by atoms with Crippen LogP contribution in [0.25, 0.3) is 0 Å². The first-order valence-corrected chi connectivity index (χ1v) is 5.79. The molecule has 4 heteroatoms. The van der Waals surface area contributed by atoms with Gasteiger partial charge in [-0.2, -0.15) is 0 Å². The minimum absolute atomic E-state index is 0.00199. The van der Waals surface area contributed by atoms with Crippen LogP contribution in [0.15, 0.2) is 12.1 Å². The predicted octanol–water partition coefficient (Wildman–Crippen LogP) is 2.71. The first-order valence-electron chi connectivity index (χ1n) is 5.79. The van der Waals surface area contributed by atoms with Gasteiger partial charge in [0.15, 0.2) is 0 Å². The third kappa shape index (κ3) is 2.33. The van der Waals surface area contributed by atoms with Crippen molar-refractivity contribution in [2.45, 2.75) is 31.9 Å². The summed E-state index contributed by atoms with van der Waals surface area (Å²) in [5, 5.41) is 3.29. The Kier molecular flexibility index (Phi) is 3.45. The molecule has 1 atom stereocenters. The third-order valence-corrected chi connectivity index (χ3v) is 3.44. The van der Waals surface area contributed by atoms with Crippen LogP contribution in [-0.2, 0) is 16.9 Å². The van der Waals surface area contributed by atoms with Gasteiger partial charge in [-0.05, 0) is 44.0 Å². The summed E-state index contributed by atoms with van der Waals surface area (Å²) in [6.45, 7) is 2.83. The molecule has 1 unspecified atom stereocenters. The largest absolute Gasteiger partial charge is 0.380 e. The van der Waals surface area contributed by atoms with Crippen molar-refractivity contribution in [2.24, 2.45) is 0 Å². The second-order valence-electron chi connectivity index (χ2n) is 4.71. The predicted molar refractivity (Wildman–Crippen MR) is 61.7 cm³/mol. The number of ether oxygens (including phenoxy) is 1. The molecule has 0 aromatic heterocycles. The van der Waals surface area contributed by atoms with Crippen molar-refractivity contribution in [1.29, 1.82) is 0 Å². The summed E-state index contributed by atoms with van der Waals surface area (Å²) in [6, 6.07) is 2.82. The molecule has 1 heterocycles. The van der Waals surface area contributed by atoms with Gasteiger partial charge >= 0.3 is 0 Å². The first kappa shape index (κ1) is 12.5. The molecule has 0 saturated carbocycles. The van der Waals surface area contributed by atoms with E-state index in [0.717, 1.165) is 19.4 Å². The van der Waals surface area contributed by atoms with E-state index >= 15 is 0 Å². The number of hydrogen-bond donors (Lipinski definition) is 1. The van der Waals surface area contributed by atoms with Gasteiger partial charge in [-0.1, -0.05) is 0 Å². The van der Waals surface area contributed by atoms with Gasteiger partial charge < -0.3 is 10.1 Å². The first-order chi connectivity index (χ1) is 8.07. The molecular weight excluding hydrogens is 224 g/mol. The van der Waals surface area contributed by atoms with Crippen molar-refractivity contribution >= 4 is 0 Å². The highest BCUT2D eigenvalue weighted by molar-refractivity contribution is 5.31. The number of nitrogens with one attached hydrogen (secondary N) is 1. The maximum Gasteiger partial charge on any atom is 0.132 e. The van der Waals surface area contributed by atoms with Gasteiger partial charge in [0.05, 0.1) is 6.61 Å². The van der Waals surface area contributed by atoms with E-state index in [0.29, 0.717) is 5.56 Å². The Morgan fingerprint density at radius 2 is 2.00 bits per heavy atom. The lowest BCUT2D eigenvalue weighted by Crippen LogP contribution is -2.33. The fourth-order valence-electron chi connectivity index (χ4n) is 2.34. The minimum atomic E-state index is -0.531. The van der Waals surface area contributed by atoms with Crippen LogP contribution in [0, 0.1) is 11.6 Å². The molecule has 0 aliphatic carbocycles. The number of rotatable bonds is 3. The molecule has 17 heavy (non-hydrogen) atoms. The molecule has 1 aliphatic rings. The van der Waals surface area contributed by atoms with Gasteiger partial charge in [-0.25, -0.2) is 8.78 Å². The SMILES string of the molecule is COCc1c(F)cc(C2(C)CCCN2)cc1F. The molecule has 1 aromatic carbocycles. The quantitative estimate of drug-likeness (QED) is 0.878. The lowest BCUT2D eigenvalue weighted by molar-refractivity contribution is 0.177. The topological polar surface area (TPSA) is 21.3 Å². The maximum atomic E-state index is 13.8. The van der Waals surface area contributed by atoms with Crippen molar-refractivity contribution in [1.82, 2.24) is 5.32 Å². The van der Waals surface area contributed by atoms with E-state index in [9.17, 15) is 8.78 Å². The second-order valence-corrected chi connectivity index (χ2v) is 4.71. The molecule has 1 aliphatic heterocycles. The Balaban J connectivity index is 2.38. The standard InChI is InChI=1S/C13H17F2NO/c1-13(4-3-5-16-13)9-6-11(14)10(8-17-2)12(15)7-9/h6-7,16H,3-5,8H2,1-2H3. The van der Waals surface area contributed by atoms with Crippen LogP contribution in [0.3, 0.4) is 0 Å². The molecule has 1 N–H and O–H groups in total. The van der Waals surface area contributed by atoms with Crippen LogP contribution in [0.5, 0.6) is 0 Å². The molecule has 1 saturated heterocycles. The molecule has 94 valence electrons. The Labute approximate surface area is 100.0 Å². The fraction of sp³-hybridized carbons (Fsp3) is 0.538. The van der Waals surface area contributed by atoms with Crippen LogP contribution in [0.1, 0.15) is 30.9 Å². The van der Waals surface area contributed by atoms with Gasteiger partial charge in [0.25, 0.3) is 0 Å². The average molecular weight is 241 g/mol. The second kappa shape index (κ2) is 4.70. The lowest BCUT2D eigenvalue weighted by atomic mass is 9.89. The summed E-state index contributed by atoms with van der Waals surface area (Å²) >= 11 is 0. The van der Waals surface area contributed by atoms with E-state index in [1.807, 2.05) is 6.92 Å². The third-order valence-electron chi connectivity index (χ3n) is 3.44. The van der Waals surface area contributed by atoms with E-state index < -0.39 is 11.6 Å². The Morgan fingerprint density at radius 3 is 2.47 bits per heavy atom. The highest BCUT2D eigenvalue weighted by Crippen LogP contribution is 2.32. The zero-order valence-corrected chi connectivity index (χ0v) is 10.1. The number of methoxy groups -OCH3 is 1. The average Bonchev–Trinajstić information content (AvgIpc) is 2.72. The van der Waals surface area contributed by atoms with Crippen molar-refractivity contribution in [2.75, 3.05) is 13.7 Å². The van der Waals surface area contributed by atoms with E-state index in [1.165, 1.54) is 19.2 Å². The molecule has 0 spiro atoms. The van der Waals surface area contributed by atoms with E-state index in [2.05, 4.69) is 5.32 Å². The molecule has 0 radical (unpaired) electrons. The molecule has 0 bridgehead atoms. The zero-order chi connectivity index (χ0) is 12.5. The normalized spacial score (nSPS) is 24.2. The lowest BCUT2D eigenvalue weighted by Gasteiger charge is -2.25. The zero-order valence-electron chi connectivity index (χ0n) is 10.1. The highest BCUT2D eigenvalue weighted by atomic mass is 19.1. The van der Waals surface area contributed by atoms with Crippen LogP contribution in [0.2, 0.25) is 0 Å². The summed E-state index contributed by atoms with van der Waals surface area (Å²) in [6.07, 6.45) is 1.93. The van der Waals surface area contributed by atoms with Crippen LogP contribution >= 0.6 is 0 Å². The number of hydrogen-bond acceptors (Lipinski definition) is 2. The minimum Gasteiger partial charge on any atom is -0.380 e. The summed E-state index contributed by atoms with van der Waals surface area (Å²) < 4.78 is 32.3. The van der Waals surface area contributed by atoms with Crippen LogP contribution in [-0.4, -0.2) is 13.7 Å². The molecule has 2 rings (SSSR count). The Bertz CT molecular complexity index is 391. The molecule has 2 nitrogen and oxygen atoms in total. The summed E-state index contributed by atoms with van der Waals surface area (Å²) in [5.74, 6) is -1.06. The Hall–Kier alpha value is -1.00. The van der Waals surface area contributed by atoms with Crippen LogP contribution in [0.4, 0.5) is 8.78 Å². The molecule has 0 amide bonds. The molecule has 1 fully saturated rings. The van der Waals surface area contributed by atoms with E-state index in [4.69, 9.17) is 4.74 Å². The number of halogens is 2. The summed E-state index contributed by atoms with van der Waals surface area (Å²) in [5.41, 5.74) is 0.357. The van der Waals surface area contributed by atoms with E-state index in [-0.39, 0.29) is 17.7 Å². The molecule has 1 aromatic rings. The molecular formula is C13H17F2NO. The van der Waals surface area contributed by atoms with E-state index in [1.54, 1.807) is 0 Å².